The molecule has 2 aromatic rings. The van der Waals surface area contributed by atoms with E-state index < -0.39 is 0 Å². The molecule has 0 atom stereocenters. The van der Waals surface area contributed by atoms with Crippen LogP contribution in [-0.4, -0.2) is 16.1 Å². The van der Waals surface area contributed by atoms with E-state index >= 15 is 0 Å². The number of rotatable bonds is 2. The molecule has 3 rings (SSSR count). The number of nitrogens with zero attached hydrogens (tertiary/aromatic N) is 2. The Hall–Kier alpha value is -2.11. The Kier molecular flexibility index (Phi) is 4.03. The molecule has 1 fully saturated rings. The monoisotopic (exact) mass is 315 g/mol. The average molecular weight is 316 g/mol. The van der Waals surface area contributed by atoms with Crippen LogP contribution in [-0.2, 0) is 4.79 Å². The van der Waals surface area contributed by atoms with Crippen molar-refractivity contribution < 1.29 is 4.79 Å². The van der Waals surface area contributed by atoms with Gasteiger partial charge in [-0.25, -0.2) is 4.99 Å². The smallest absolute Gasteiger partial charge is 0.264 e. The zero-order valence-corrected chi connectivity index (χ0v) is 12.4. The number of amidine groups is 1. The Morgan fingerprint density at radius 1 is 1.19 bits per heavy atom. The van der Waals surface area contributed by atoms with E-state index in [2.05, 4.69) is 15.3 Å². The second-order valence-electron chi connectivity index (χ2n) is 4.21. The zero-order chi connectivity index (χ0) is 14.7. The summed E-state index contributed by atoms with van der Waals surface area (Å²) in [4.78, 5) is 20.8. The number of hydrogen-bond donors (Lipinski definition) is 1. The minimum atomic E-state index is -0.164. The lowest BCUT2D eigenvalue weighted by atomic mass is 10.2. The molecule has 1 aliphatic heterocycles. The van der Waals surface area contributed by atoms with Gasteiger partial charge in [0.25, 0.3) is 5.91 Å². The summed E-state index contributed by atoms with van der Waals surface area (Å²) < 4.78 is 0. The average Bonchev–Trinajstić information content (AvgIpc) is 2.82. The molecule has 0 aliphatic carbocycles. The van der Waals surface area contributed by atoms with Crippen molar-refractivity contribution in [3.63, 3.8) is 0 Å². The van der Waals surface area contributed by atoms with Gasteiger partial charge in [0, 0.05) is 12.4 Å². The van der Waals surface area contributed by atoms with Crippen LogP contribution in [0.3, 0.4) is 0 Å². The molecule has 21 heavy (non-hydrogen) atoms. The first-order valence-corrected chi connectivity index (χ1v) is 7.36. The summed E-state index contributed by atoms with van der Waals surface area (Å²) in [6, 6.07) is 10.9. The molecular weight excluding hydrogens is 306 g/mol. The number of para-hydroxylation sites is 1. The molecular formula is C15H10ClN3OS. The van der Waals surface area contributed by atoms with Crippen molar-refractivity contribution in [2.45, 2.75) is 0 Å². The van der Waals surface area contributed by atoms with Crippen LogP contribution in [0.4, 0.5) is 5.69 Å². The molecule has 1 aliphatic rings. The molecule has 1 amide bonds. The first-order chi connectivity index (χ1) is 10.2. The fourth-order valence-corrected chi connectivity index (χ4v) is 2.76. The van der Waals surface area contributed by atoms with Crippen LogP contribution in [0, 0.1) is 0 Å². The number of aromatic nitrogens is 1. The standard InChI is InChI=1S/C15H10ClN3OS/c16-11-3-1-2-4-12(11)18-15-19-14(20)13(21-15)9-10-5-7-17-8-6-10/h1-9H,(H,18,19,20). The molecule has 0 bridgehead atoms. The van der Waals surface area contributed by atoms with Crippen LogP contribution >= 0.6 is 23.4 Å². The predicted molar refractivity (Wildman–Crippen MR) is 86.5 cm³/mol. The molecule has 0 spiro atoms. The summed E-state index contributed by atoms with van der Waals surface area (Å²) in [5, 5.41) is 3.80. The van der Waals surface area contributed by atoms with Gasteiger partial charge in [-0.2, -0.15) is 0 Å². The second kappa shape index (κ2) is 6.11. The van der Waals surface area contributed by atoms with Gasteiger partial charge in [-0.05, 0) is 47.7 Å². The van der Waals surface area contributed by atoms with Crippen molar-refractivity contribution in [1.82, 2.24) is 10.3 Å². The number of halogens is 1. The maximum atomic E-state index is 11.9. The number of aliphatic imine (C=N–C) groups is 1. The Balaban J connectivity index is 1.85. The van der Waals surface area contributed by atoms with E-state index in [0.717, 1.165) is 5.56 Å². The van der Waals surface area contributed by atoms with Gasteiger partial charge in [-0.3, -0.25) is 9.78 Å². The molecule has 0 unspecified atom stereocenters. The fraction of sp³-hybridized carbons (Fsp3) is 0. The van der Waals surface area contributed by atoms with Crippen LogP contribution in [0.5, 0.6) is 0 Å². The van der Waals surface area contributed by atoms with Gasteiger partial charge >= 0.3 is 0 Å². The summed E-state index contributed by atoms with van der Waals surface area (Å²) in [5.74, 6) is -0.164. The molecule has 0 radical (unpaired) electrons. The predicted octanol–water partition coefficient (Wildman–Crippen LogP) is 3.63. The molecule has 4 nitrogen and oxygen atoms in total. The van der Waals surface area contributed by atoms with Crippen LogP contribution < -0.4 is 5.32 Å². The third-order valence-electron chi connectivity index (χ3n) is 2.73. The molecule has 1 aromatic heterocycles. The van der Waals surface area contributed by atoms with Gasteiger partial charge in [0.1, 0.15) is 0 Å². The number of pyridine rings is 1. The van der Waals surface area contributed by atoms with Crippen LogP contribution in [0.15, 0.2) is 58.7 Å². The van der Waals surface area contributed by atoms with Crippen molar-refractivity contribution in [2.75, 3.05) is 0 Å². The van der Waals surface area contributed by atoms with Crippen molar-refractivity contribution in [3.05, 3.63) is 64.3 Å². The van der Waals surface area contributed by atoms with Gasteiger partial charge < -0.3 is 5.32 Å². The lowest BCUT2D eigenvalue weighted by molar-refractivity contribution is -0.115. The zero-order valence-electron chi connectivity index (χ0n) is 10.8. The first kappa shape index (κ1) is 13.9. The third-order valence-corrected chi connectivity index (χ3v) is 3.96. The van der Waals surface area contributed by atoms with Crippen LogP contribution in [0.2, 0.25) is 5.02 Å². The molecule has 0 saturated carbocycles. The highest BCUT2D eigenvalue weighted by atomic mass is 35.5. The van der Waals surface area contributed by atoms with Crippen LogP contribution in [0.1, 0.15) is 5.56 Å². The summed E-state index contributed by atoms with van der Waals surface area (Å²) in [6.07, 6.45) is 5.17. The maximum Gasteiger partial charge on any atom is 0.264 e. The first-order valence-electron chi connectivity index (χ1n) is 6.16. The van der Waals surface area contributed by atoms with E-state index in [1.54, 1.807) is 30.6 Å². The molecule has 6 heteroatoms. The van der Waals surface area contributed by atoms with E-state index in [9.17, 15) is 4.79 Å². The number of carbonyl (C=O) groups excluding carboxylic acids is 1. The van der Waals surface area contributed by atoms with Crippen LogP contribution in [0.25, 0.3) is 6.08 Å². The molecule has 1 saturated heterocycles. The minimum absolute atomic E-state index is 0.164. The number of hydrogen-bond acceptors (Lipinski definition) is 4. The quantitative estimate of drug-likeness (QED) is 0.861. The van der Waals surface area contributed by atoms with E-state index in [1.807, 2.05) is 24.3 Å². The van der Waals surface area contributed by atoms with Gasteiger partial charge in [0.15, 0.2) is 5.17 Å². The lowest BCUT2D eigenvalue weighted by Gasteiger charge is -1.98. The van der Waals surface area contributed by atoms with Gasteiger partial charge in [-0.1, -0.05) is 23.7 Å². The largest absolute Gasteiger partial charge is 0.300 e. The van der Waals surface area contributed by atoms with Crippen molar-refractivity contribution in [3.8, 4) is 0 Å². The summed E-state index contributed by atoms with van der Waals surface area (Å²) in [6.45, 7) is 0. The van der Waals surface area contributed by atoms with Gasteiger partial charge in [0.05, 0.1) is 15.6 Å². The van der Waals surface area contributed by atoms with Crippen molar-refractivity contribution >= 4 is 46.2 Å². The van der Waals surface area contributed by atoms with E-state index in [0.29, 0.717) is 20.8 Å². The minimum Gasteiger partial charge on any atom is -0.300 e. The number of carbonyl (C=O) groups is 1. The SMILES string of the molecule is O=C1NC(=Nc2ccccc2Cl)SC1=Cc1ccncc1. The topological polar surface area (TPSA) is 54.4 Å². The number of thioether (sulfide) groups is 1. The van der Waals surface area contributed by atoms with Crippen molar-refractivity contribution in [1.29, 1.82) is 0 Å². The van der Waals surface area contributed by atoms with E-state index in [1.165, 1.54) is 11.8 Å². The molecule has 104 valence electrons. The van der Waals surface area contributed by atoms with E-state index in [-0.39, 0.29) is 5.91 Å². The second-order valence-corrected chi connectivity index (χ2v) is 5.65. The number of amides is 1. The Morgan fingerprint density at radius 2 is 1.95 bits per heavy atom. The van der Waals surface area contributed by atoms with Gasteiger partial charge in [-0.15, -0.1) is 0 Å². The summed E-state index contributed by atoms with van der Waals surface area (Å²) in [5.41, 5.74) is 1.55. The van der Waals surface area contributed by atoms with Crippen molar-refractivity contribution in [2.24, 2.45) is 4.99 Å². The molecule has 2 heterocycles. The highest BCUT2D eigenvalue weighted by Gasteiger charge is 2.23. The normalized spacial score (nSPS) is 18.2. The highest BCUT2D eigenvalue weighted by Crippen LogP contribution is 2.30. The maximum absolute atomic E-state index is 11.9. The Morgan fingerprint density at radius 3 is 2.71 bits per heavy atom. The Bertz CT molecular complexity index is 744. The third kappa shape index (κ3) is 3.32. The summed E-state index contributed by atoms with van der Waals surface area (Å²) >= 11 is 7.34. The highest BCUT2D eigenvalue weighted by molar-refractivity contribution is 8.18. The number of nitrogens with one attached hydrogen (secondary N) is 1. The Labute approximate surface area is 131 Å². The van der Waals surface area contributed by atoms with E-state index in [4.69, 9.17) is 11.6 Å². The fourth-order valence-electron chi connectivity index (χ4n) is 1.74. The number of benzene rings is 1. The molecule has 1 aromatic carbocycles. The summed E-state index contributed by atoms with van der Waals surface area (Å²) in [7, 11) is 0. The van der Waals surface area contributed by atoms with Gasteiger partial charge in [0.2, 0.25) is 0 Å². The lowest BCUT2D eigenvalue weighted by Crippen LogP contribution is -2.19. The molecule has 1 N–H and O–H groups in total.